The van der Waals surface area contributed by atoms with Gasteiger partial charge < -0.3 is 10.2 Å². The van der Waals surface area contributed by atoms with E-state index in [4.69, 9.17) is 10.2 Å². The molecule has 0 amide bonds. The van der Waals surface area contributed by atoms with Gasteiger partial charge >= 0.3 is 0 Å². The van der Waals surface area contributed by atoms with E-state index in [2.05, 4.69) is 4.98 Å². The van der Waals surface area contributed by atoms with Gasteiger partial charge in [0.2, 0.25) is 0 Å². The van der Waals surface area contributed by atoms with Gasteiger partial charge in [0.1, 0.15) is 11.6 Å². The summed E-state index contributed by atoms with van der Waals surface area (Å²) in [6, 6.07) is 4.33. The lowest BCUT2D eigenvalue weighted by atomic mass is 10.1. The molecule has 2 aromatic rings. The molecule has 0 aliphatic heterocycles. The van der Waals surface area contributed by atoms with E-state index in [0.717, 1.165) is 21.9 Å². The average molecular weight is 266 g/mol. The zero-order valence-corrected chi connectivity index (χ0v) is 11.3. The van der Waals surface area contributed by atoms with Crippen molar-refractivity contribution < 1.29 is 8.81 Å². The minimum atomic E-state index is -0.286. The van der Waals surface area contributed by atoms with Gasteiger partial charge in [-0.1, -0.05) is 0 Å². The molecule has 1 aromatic carbocycles. The van der Waals surface area contributed by atoms with Crippen molar-refractivity contribution >= 4 is 11.8 Å². The van der Waals surface area contributed by atoms with E-state index < -0.39 is 0 Å². The smallest absolute Gasteiger partial charge is 0.261 e. The topological polar surface area (TPSA) is 52.0 Å². The second kappa shape index (κ2) is 5.12. The molecule has 0 aliphatic rings. The zero-order valence-electron chi connectivity index (χ0n) is 10.5. The molecule has 0 bridgehead atoms. The maximum Gasteiger partial charge on any atom is 0.261 e. The highest BCUT2D eigenvalue weighted by Crippen LogP contribution is 2.33. The van der Waals surface area contributed by atoms with Crippen LogP contribution in [0.1, 0.15) is 30.0 Å². The average Bonchev–Trinajstić information content (AvgIpc) is 2.60. The summed E-state index contributed by atoms with van der Waals surface area (Å²) in [5.41, 5.74) is 7.46. The van der Waals surface area contributed by atoms with E-state index in [-0.39, 0.29) is 11.9 Å². The van der Waals surface area contributed by atoms with Crippen molar-refractivity contribution in [2.75, 3.05) is 0 Å². The Morgan fingerprint density at radius 1 is 1.39 bits per heavy atom. The molecule has 5 heteroatoms. The molecule has 0 spiro atoms. The van der Waals surface area contributed by atoms with Crippen LogP contribution >= 0.6 is 11.8 Å². The van der Waals surface area contributed by atoms with Crippen molar-refractivity contribution in [3.63, 3.8) is 0 Å². The van der Waals surface area contributed by atoms with Gasteiger partial charge in [-0.15, -0.1) is 0 Å². The largest absolute Gasteiger partial charge is 0.436 e. The third-order valence-electron chi connectivity index (χ3n) is 2.67. The molecular formula is C13H15FN2OS. The summed E-state index contributed by atoms with van der Waals surface area (Å²) in [6.07, 6.45) is 0. The molecule has 3 nitrogen and oxygen atoms in total. The Labute approximate surface area is 110 Å². The lowest BCUT2D eigenvalue weighted by molar-refractivity contribution is 0.431. The lowest BCUT2D eigenvalue weighted by Crippen LogP contribution is -2.06. The van der Waals surface area contributed by atoms with Crippen LogP contribution < -0.4 is 5.73 Å². The Hall–Kier alpha value is -1.33. The molecule has 2 rings (SSSR count). The molecule has 0 saturated carbocycles. The lowest BCUT2D eigenvalue weighted by Gasteiger charge is -2.10. The Morgan fingerprint density at radius 3 is 2.67 bits per heavy atom. The van der Waals surface area contributed by atoms with Gasteiger partial charge in [-0.3, -0.25) is 0 Å². The fourth-order valence-electron chi connectivity index (χ4n) is 1.55. The van der Waals surface area contributed by atoms with Crippen molar-refractivity contribution in [3.05, 3.63) is 41.0 Å². The fraction of sp³-hybridized carbons (Fsp3) is 0.308. The first-order valence-corrected chi connectivity index (χ1v) is 6.46. The number of hydrogen-bond acceptors (Lipinski definition) is 4. The highest BCUT2D eigenvalue weighted by atomic mass is 32.2. The monoisotopic (exact) mass is 266 g/mol. The SMILES string of the molecule is Cc1nc(Sc2ccc(F)cc2C(C)N)oc1C. The number of oxazole rings is 1. The summed E-state index contributed by atoms with van der Waals surface area (Å²) in [4.78, 5) is 5.16. The van der Waals surface area contributed by atoms with Gasteiger partial charge in [0.25, 0.3) is 5.22 Å². The third kappa shape index (κ3) is 2.73. The van der Waals surface area contributed by atoms with Crippen LogP contribution in [0.4, 0.5) is 4.39 Å². The first-order valence-electron chi connectivity index (χ1n) is 5.64. The zero-order chi connectivity index (χ0) is 13.3. The molecule has 0 radical (unpaired) electrons. The van der Waals surface area contributed by atoms with Gasteiger partial charge in [0.05, 0.1) is 5.69 Å². The van der Waals surface area contributed by atoms with E-state index in [1.165, 1.54) is 23.9 Å². The Kier molecular flexibility index (Phi) is 3.73. The molecule has 2 N–H and O–H groups in total. The number of hydrogen-bond donors (Lipinski definition) is 1. The van der Waals surface area contributed by atoms with Crippen LogP contribution in [0.25, 0.3) is 0 Å². The number of halogens is 1. The standard InChI is InChI=1S/C13H15FN2OS/c1-7(15)11-6-10(14)4-5-12(11)18-13-16-8(2)9(3)17-13/h4-7H,15H2,1-3H3. The fourth-order valence-corrected chi connectivity index (χ4v) is 2.59. The second-order valence-corrected chi connectivity index (χ2v) is 5.19. The molecule has 1 atom stereocenters. The number of nitrogens with two attached hydrogens (primary N) is 1. The van der Waals surface area contributed by atoms with Crippen LogP contribution in [-0.4, -0.2) is 4.98 Å². The molecule has 0 aliphatic carbocycles. The molecule has 1 heterocycles. The first kappa shape index (κ1) is 13.1. The van der Waals surface area contributed by atoms with E-state index in [0.29, 0.717) is 5.22 Å². The van der Waals surface area contributed by atoms with Gasteiger partial charge in [0.15, 0.2) is 0 Å². The normalized spacial score (nSPS) is 12.7. The minimum Gasteiger partial charge on any atom is -0.436 e. The van der Waals surface area contributed by atoms with Crippen LogP contribution in [0.15, 0.2) is 32.7 Å². The summed E-state index contributed by atoms with van der Waals surface area (Å²) in [5, 5.41) is 0.554. The summed E-state index contributed by atoms with van der Waals surface area (Å²) >= 11 is 1.36. The Bertz CT molecular complexity index is 547. The van der Waals surface area contributed by atoms with Gasteiger partial charge in [-0.25, -0.2) is 9.37 Å². The van der Waals surface area contributed by atoms with Crippen LogP contribution in [0.2, 0.25) is 0 Å². The number of rotatable bonds is 3. The molecule has 0 fully saturated rings. The summed E-state index contributed by atoms with van der Waals surface area (Å²) < 4.78 is 18.7. The molecule has 96 valence electrons. The molecule has 1 unspecified atom stereocenters. The van der Waals surface area contributed by atoms with Crippen LogP contribution in [0.5, 0.6) is 0 Å². The maximum atomic E-state index is 13.2. The summed E-state index contributed by atoms with van der Waals surface area (Å²) in [5.74, 6) is 0.508. The molecule has 0 saturated heterocycles. The van der Waals surface area contributed by atoms with Crippen molar-refractivity contribution in [1.82, 2.24) is 4.98 Å². The van der Waals surface area contributed by atoms with E-state index >= 15 is 0 Å². The highest BCUT2D eigenvalue weighted by molar-refractivity contribution is 7.99. The van der Waals surface area contributed by atoms with E-state index in [1.807, 2.05) is 20.8 Å². The second-order valence-electron chi connectivity index (χ2n) is 4.19. The van der Waals surface area contributed by atoms with E-state index in [1.54, 1.807) is 6.07 Å². The van der Waals surface area contributed by atoms with Crippen LogP contribution in [0, 0.1) is 19.7 Å². The van der Waals surface area contributed by atoms with Crippen LogP contribution in [-0.2, 0) is 0 Å². The van der Waals surface area contributed by atoms with E-state index in [9.17, 15) is 4.39 Å². The highest BCUT2D eigenvalue weighted by Gasteiger charge is 2.13. The minimum absolute atomic E-state index is 0.236. The summed E-state index contributed by atoms with van der Waals surface area (Å²) in [7, 11) is 0. The van der Waals surface area contributed by atoms with Crippen molar-refractivity contribution in [1.29, 1.82) is 0 Å². The number of aromatic nitrogens is 1. The predicted molar refractivity (Wildman–Crippen MR) is 69.1 cm³/mol. The first-order chi connectivity index (χ1) is 8.47. The van der Waals surface area contributed by atoms with Crippen molar-refractivity contribution in [2.45, 2.75) is 36.9 Å². The van der Waals surface area contributed by atoms with Gasteiger partial charge in [-0.2, -0.15) is 0 Å². The number of benzene rings is 1. The molecule has 1 aromatic heterocycles. The van der Waals surface area contributed by atoms with Gasteiger partial charge in [-0.05, 0) is 56.3 Å². The number of nitrogens with zero attached hydrogens (tertiary/aromatic N) is 1. The quantitative estimate of drug-likeness (QED) is 0.922. The Balaban J connectivity index is 2.33. The predicted octanol–water partition coefficient (Wildman–Crippen LogP) is 3.60. The van der Waals surface area contributed by atoms with Crippen LogP contribution in [0.3, 0.4) is 0 Å². The molecule has 18 heavy (non-hydrogen) atoms. The third-order valence-corrected chi connectivity index (χ3v) is 3.61. The number of aryl methyl sites for hydroxylation is 2. The summed E-state index contributed by atoms with van der Waals surface area (Å²) in [6.45, 7) is 5.58. The maximum absolute atomic E-state index is 13.2. The van der Waals surface area contributed by atoms with Crippen molar-refractivity contribution in [2.24, 2.45) is 5.73 Å². The Morgan fingerprint density at radius 2 is 2.11 bits per heavy atom. The van der Waals surface area contributed by atoms with Gasteiger partial charge in [0, 0.05) is 10.9 Å². The van der Waals surface area contributed by atoms with Crippen molar-refractivity contribution in [3.8, 4) is 0 Å². The molecular weight excluding hydrogens is 251 g/mol.